The number of aromatic nitrogens is 2. The summed E-state index contributed by atoms with van der Waals surface area (Å²) in [6.07, 6.45) is 0. The van der Waals surface area contributed by atoms with E-state index in [-0.39, 0.29) is 0 Å². The quantitative estimate of drug-likeness (QED) is 0.805. The zero-order chi connectivity index (χ0) is 11.0. The molecule has 0 radical (unpaired) electrons. The fourth-order valence-electron chi connectivity index (χ4n) is 1.41. The summed E-state index contributed by atoms with van der Waals surface area (Å²) in [5.41, 5.74) is 8.66. The van der Waals surface area contributed by atoms with Gasteiger partial charge in [0.2, 0.25) is 0 Å². The summed E-state index contributed by atoms with van der Waals surface area (Å²) < 4.78 is 1.58. The normalized spacial score (nSPS) is 10.6. The zero-order valence-electron chi connectivity index (χ0n) is 8.66. The van der Waals surface area contributed by atoms with E-state index in [0.717, 1.165) is 11.3 Å². The minimum absolute atomic E-state index is 0.493. The number of hydrogen-bond donors (Lipinski definition) is 1. The predicted molar refractivity (Wildman–Crippen MR) is 62.8 cm³/mol. The maximum Gasteiger partial charge on any atom is 0.140 e. The summed E-state index contributed by atoms with van der Waals surface area (Å²) >= 11 is 6.08. The number of rotatable bonds is 1. The Morgan fingerprint density at radius 3 is 2.33 bits per heavy atom. The van der Waals surface area contributed by atoms with Crippen molar-refractivity contribution >= 4 is 17.4 Å². The molecule has 15 heavy (non-hydrogen) atoms. The summed E-state index contributed by atoms with van der Waals surface area (Å²) in [4.78, 5) is 0. The molecular formula is C11H12ClN3. The van der Waals surface area contributed by atoms with Crippen LogP contribution in [0.4, 0.5) is 5.82 Å². The molecule has 1 heterocycles. The van der Waals surface area contributed by atoms with Gasteiger partial charge in [-0.05, 0) is 6.92 Å². The van der Waals surface area contributed by atoms with Gasteiger partial charge in [0, 0.05) is 12.6 Å². The zero-order valence-corrected chi connectivity index (χ0v) is 9.42. The number of hydrogen-bond acceptors (Lipinski definition) is 2. The third kappa shape index (κ3) is 1.70. The van der Waals surface area contributed by atoms with Crippen LogP contribution in [0.1, 0.15) is 5.56 Å². The van der Waals surface area contributed by atoms with Crippen LogP contribution in [0.15, 0.2) is 24.3 Å². The minimum atomic E-state index is 0.493. The molecule has 0 saturated heterocycles. The van der Waals surface area contributed by atoms with Gasteiger partial charge in [-0.2, -0.15) is 5.10 Å². The van der Waals surface area contributed by atoms with Gasteiger partial charge in [0.05, 0.1) is 0 Å². The standard InChI is InChI=1S/C11H12ClN3/c1-7-3-5-8(6-4-7)10-9(12)11(13)15(2)14-10/h3-6H,13H2,1-2H3. The SMILES string of the molecule is Cc1ccc(-c2nn(C)c(N)c2Cl)cc1. The lowest BCUT2D eigenvalue weighted by Crippen LogP contribution is -1.96. The summed E-state index contributed by atoms with van der Waals surface area (Å²) in [6.45, 7) is 2.04. The molecule has 2 aromatic rings. The molecule has 78 valence electrons. The summed E-state index contributed by atoms with van der Waals surface area (Å²) in [5, 5.41) is 4.78. The first kappa shape index (κ1) is 10.1. The van der Waals surface area contributed by atoms with Crippen LogP contribution in [0.3, 0.4) is 0 Å². The summed E-state index contributed by atoms with van der Waals surface area (Å²) in [7, 11) is 1.78. The van der Waals surface area contributed by atoms with Gasteiger partial charge in [0.1, 0.15) is 16.5 Å². The highest BCUT2D eigenvalue weighted by molar-refractivity contribution is 6.35. The third-order valence-corrected chi connectivity index (χ3v) is 2.73. The van der Waals surface area contributed by atoms with Crippen molar-refractivity contribution in [3.63, 3.8) is 0 Å². The van der Waals surface area contributed by atoms with Crippen LogP contribution in [0.5, 0.6) is 0 Å². The molecule has 0 aliphatic rings. The predicted octanol–water partition coefficient (Wildman–Crippen LogP) is 2.63. The number of halogens is 1. The van der Waals surface area contributed by atoms with Crippen molar-refractivity contribution < 1.29 is 0 Å². The Kier molecular flexibility index (Phi) is 2.40. The number of nitrogens with two attached hydrogens (primary N) is 1. The maximum absolute atomic E-state index is 6.08. The lowest BCUT2D eigenvalue weighted by Gasteiger charge is -1.97. The van der Waals surface area contributed by atoms with Crippen molar-refractivity contribution in [2.75, 3.05) is 5.73 Å². The molecule has 0 unspecified atom stereocenters. The molecular weight excluding hydrogens is 210 g/mol. The molecule has 2 N–H and O–H groups in total. The molecule has 1 aromatic heterocycles. The van der Waals surface area contributed by atoms with Crippen molar-refractivity contribution in [1.82, 2.24) is 9.78 Å². The Labute approximate surface area is 93.5 Å². The van der Waals surface area contributed by atoms with E-state index in [1.54, 1.807) is 11.7 Å². The van der Waals surface area contributed by atoms with Gasteiger partial charge in [-0.25, -0.2) is 0 Å². The lowest BCUT2D eigenvalue weighted by atomic mass is 10.1. The van der Waals surface area contributed by atoms with Crippen LogP contribution in [0, 0.1) is 6.92 Å². The minimum Gasteiger partial charge on any atom is -0.383 e. The van der Waals surface area contributed by atoms with E-state index in [2.05, 4.69) is 5.10 Å². The first-order valence-electron chi connectivity index (χ1n) is 4.64. The topological polar surface area (TPSA) is 43.8 Å². The molecule has 4 heteroatoms. The van der Waals surface area contributed by atoms with Gasteiger partial charge >= 0.3 is 0 Å². The Balaban J connectivity index is 2.54. The second kappa shape index (κ2) is 3.59. The Bertz CT molecular complexity index is 485. The van der Waals surface area contributed by atoms with Crippen molar-refractivity contribution in [3.05, 3.63) is 34.9 Å². The highest BCUT2D eigenvalue weighted by Crippen LogP contribution is 2.30. The number of nitrogen functional groups attached to an aromatic ring is 1. The molecule has 0 amide bonds. The maximum atomic E-state index is 6.08. The molecule has 0 bridgehead atoms. The van der Waals surface area contributed by atoms with Crippen LogP contribution >= 0.6 is 11.6 Å². The second-order valence-electron chi connectivity index (χ2n) is 3.54. The summed E-state index contributed by atoms with van der Waals surface area (Å²) in [5.74, 6) is 0.493. The fourth-order valence-corrected chi connectivity index (χ4v) is 1.68. The van der Waals surface area contributed by atoms with E-state index in [9.17, 15) is 0 Å². The first-order valence-corrected chi connectivity index (χ1v) is 5.02. The number of anilines is 1. The molecule has 0 fully saturated rings. The number of benzene rings is 1. The second-order valence-corrected chi connectivity index (χ2v) is 3.92. The molecule has 0 aliphatic heterocycles. The first-order chi connectivity index (χ1) is 7.09. The van der Waals surface area contributed by atoms with E-state index < -0.39 is 0 Å². The highest BCUT2D eigenvalue weighted by Gasteiger charge is 2.12. The van der Waals surface area contributed by atoms with Crippen LogP contribution < -0.4 is 5.73 Å². The van der Waals surface area contributed by atoms with Gasteiger partial charge in [-0.15, -0.1) is 0 Å². The van der Waals surface area contributed by atoms with Crippen LogP contribution in [0.2, 0.25) is 5.02 Å². The van der Waals surface area contributed by atoms with Crippen molar-refractivity contribution in [2.24, 2.45) is 7.05 Å². The fraction of sp³-hybridized carbons (Fsp3) is 0.182. The molecule has 0 atom stereocenters. The number of nitrogens with zero attached hydrogens (tertiary/aromatic N) is 2. The smallest absolute Gasteiger partial charge is 0.140 e. The van der Waals surface area contributed by atoms with E-state index in [4.69, 9.17) is 17.3 Å². The largest absolute Gasteiger partial charge is 0.383 e. The molecule has 2 rings (SSSR count). The molecule has 3 nitrogen and oxygen atoms in total. The molecule has 0 aliphatic carbocycles. The average Bonchev–Trinajstić information content (AvgIpc) is 2.47. The Hall–Kier alpha value is -1.48. The van der Waals surface area contributed by atoms with Gasteiger partial charge in [-0.3, -0.25) is 4.68 Å². The highest BCUT2D eigenvalue weighted by atomic mass is 35.5. The number of aryl methyl sites for hydroxylation is 2. The molecule has 0 saturated carbocycles. The van der Waals surface area contributed by atoms with Gasteiger partial charge < -0.3 is 5.73 Å². The van der Waals surface area contributed by atoms with E-state index >= 15 is 0 Å². The van der Waals surface area contributed by atoms with Crippen LogP contribution in [0.25, 0.3) is 11.3 Å². The monoisotopic (exact) mass is 221 g/mol. The molecule has 0 spiro atoms. The van der Waals surface area contributed by atoms with E-state index in [0.29, 0.717) is 10.8 Å². The van der Waals surface area contributed by atoms with Crippen LogP contribution in [-0.4, -0.2) is 9.78 Å². The average molecular weight is 222 g/mol. The van der Waals surface area contributed by atoms with Gasteiger partial charge in [0.25, 0.3) is 0 Å². The van der Waals surface area contributed by atoms with E-state index in [1.165, 1.54) is 5.56 Å². The third-order valence-electron chi connectivity index (χ3n) is 2.36. The lowest BCUT2D eigenvalue weighted by molar-refractivity contribution is 0.782. The van der Waals surface area contributed by atoms with Crippen LogP contribution in [-0.2, 0) is 7.05 Å². The van der Waals surface area contributed by atoms with Crippen molar-refractivity contribution in [3.8, 4) is 11.3 Å². The Morgan fingerprint density at radius 2 is 1.87 bits per heavy atom. The van der Waals surface area contributed by atoms with Crippen molar-refractivity contribution in [2.45, 2.75) is 6.92 Å². The van der Waals surface area contributed by atoms with Crippen molar-refractivity contribution in [1.29, 1.82) is 0 Å². The van der Waals surface area contributed by atoms with Gasteiger partial charge in [0.15, 0.2) is 0 Å². The molecule has 1 aromatic carbocycles. The van der Waals surface area contributed by atoms with E-state index in [1.807, 2.05) is 31.2 Å². The van der Waals surface area contributed by atoms with Gasteiger partial charge in [-0.1, -0.05) is 41.4 Å². The summed E-state index contributed by atoms with van der Waals surface area (Å²) in [6, 6.07) is 8.03. The Morgan fingerprint density at radius 1 is 1.27 bits per heavy atom.